The van der Waals surface area contributed by atoms with Gasteiger partial charge in [-0.25, -0.2) is 0 Å². The summed E-state index contributed by atoms with van der Waals surface area (Å²) in [5.41, 5.74) is 2.69. The minimum absolute atomic E-state index is 0.124. The zero-order valence-electron chi connectivity index (χ0n) is 18.5. The second-order valence-corrected chi connectivity index (χ2v) is 7.53. The quantitative estimate of drug-likeness (QED) is 0.567. The standard InChI is InChI=1S/C23H28N4O4/c1-6-27-12-18(21(26-27)23(29)24-5)25-22(28)19-10-8-16(31-19)13-30-20-11-15(4)7-9-17(20)14(2)3/h7-12,14H,6,13H2,1-5H3,(H,24,29)(H,25,28). The van der Waals surface area contributed by atoms with Gasteiger partial charge in [0.05, 0.1) is 5.69 Å². The number of hydrogen-bond donors (Lipinski definition) is 2. The number of amides is 2. The molecule has 2 amide bonds. The monoisotopic (exact) mass is 424 g/mol. The fourth-order valence-electron chi connectivity index (χ4n) is 3.11. The van der Waals surface area contributed by atoms with Gasteiger partial charge in [0.2, 0.25) is 0 Å². The van der Waals surface area contributed by atoms with Crippen molar-refractivity contribution >= 4 is 17.5 Å². The van der Waals surface area contributed by atoms with Gasteiger partial charge in [-0.3, -0.25) is 14.3 Å². The van der Waals surface area contributed by atoms with Crippen molar-refractivity contribution in [2.45, 2.75) is 46.8 Å². The first-order valence-corrected chi connectivity index (χ1v) is 10.2. The maximum Gasteiger partial charge on any atom is 0.291 e. The number of nitrogens with one attached hydrogen (secondary N) is 2. The molecule has 0 aliphatic heterocycles. The molecule has 164 valence electrons. The predicted octanol–water partition coefficient (Wildman–Crippen LogP) is 4.12. The maximum absolute atomic E-state index is 12.6. The van der Waals surface area contributed by atoms with E-state index in [1.807, 2.05) is 19.9 Å². The van der Waals surface area contributed by atoms with E-state index in [-0.39, 0.29) is 24.0 Å². The summed E-state index contributed by atoms with van der Waals surface area (Å²) in [6.45, 7) is 8.90. The van der Waals surface area contributed by atoms with Crippen molar-refractivity contribution in [1.82, 2.24) is 15.1 Å². The lowest BCUT2D eigenvalue weighted by Gasteiger charge is -2.14. The summed E-state index contributed by atoms with van der Waals surface area (Å²) >= 11 is 0. The Hall–Kier alpha value is -3.55. The van der Waals surface area contributed by atoms with E-state index >= 15 is 0 Å². The summed E-state index contributed by atoms with van der Waals surface area (Å²) in [4.78, 5) is 24.7. The van der Waals surface area contributed by atoms with Gasteiger partial charge in [-0.15, -0.1) is 0 Å². The van der Waals surface area contributed by atoms with Crippen LogP contribution in [0.1, 0.15) is 64.6 Å². The van der Waals surface area contributed by atoms with Gasteiger partial charge in [-0.05, 0) is 49.1 Å². The average molecular weight is 425 g/mol. The van der Waals surface area contributed by atoms with Crippen LogP contribution in [0.3, 0.4) is 0 Å². The molecule has 0 atom stereocenters. The van der Waals surface area contributed by atoms with Crippen LogP contribution >= 0.6 is 0 Å². The van der Waals surface area contributed by atoms with E-state index in [0.717, 1.165) is 16.9 Å². The number of aryl methyl sites for hydroxylation is 2. The van der Waals surface area contributed by atoms with Crippen LogP contribution < -0.4 is 15.4 Å². The first kappa shape index (κ1) is 22.1. The highest BCUT2D eigenvalue weighted by atomic mass is 16.5. The number of anilines is 1. The Kier molecular flexibility index (Phi) is 6.79. The molecule has 0 saturated carbocycles. The van der Waals surface area contributed by atoms with E-state index in [4.69, 9.17) is 9.15 Å². The van der Waals surface area contributed by atoms with Crippen LogP contribution in [0.5, 0.6) is 5.75 Å². The molecule has 8 heteroatoms. The van der Waals surface area contributed by atoms with Crippen molar-refractivity contribution in [3.63, 3.8) is 0 Å². The van der Waals surface area contributed by atoms with Gasteiger partial charge in [-0.2, -0.15) is 5.10 Å². The molecule has 0 unspecified atom stereocenters. The summed E-state index contributed by atoms with van der Waals surface area (Å²) < 4.78 is 13.2. The summed E-state index contributed by atoms with van der Waals surface area (Å²) in [5, 5.41) is 9.40. The summed E-state index contributed by atoms with van der Waals surface area (Å²) in [5.74, 6) is 0.934. The fourth-order valence-corrected chi connectivity index (χ4v) is 3.11. The number of nitrogens with zero attached hydrogens (tertiary/aromatic N) is 2. The van der Waals surface area contributed by atoms with Crippen LogP contribution in [0, 0.1) is 6.92 Å². The van der Waals surface area contributed by atoms with Crippen LogP contribution in [0.2, 0.25) is 0 Å². The lowest BCUT2D eigenvalue weighted by molar-refractivity contribution is 0.0958. The van der Waals surface area contributed by atoms with Crippen LogP contribution in [0.25, 0.3) is 0 Å². The molecule has 2 aromatic heterocycles. The second kappa shape index (κ2) is 9.51. The van der Waals surface area contributed by atoms with E-state index in [1.54, 1.807) is 23.0 Å². The van der Waals surface area contributed by atoms with Gasteiger partial charge in [-0.1, -0.05) is 26.0 Å². The van der Waals surface area contributed by atoms with Gasteiger partial charge in [0.15, 0.2) is 11.5 Å². The lowest BCUT2D eigenvalue weighted by Crippen LogP contribution is -2.21. The topological polar surface area (TPSA) is 98.4 Å². The van der Waals surface area contributed by atoms with E-state index in [0.29, 0.717) is 23.9 Å². The van der Waals surface area contributed by atoms with Crippen molar-refractivity contribution in [2.75, 3.05) is 12.4 Å². The second-order valence-electron chi connectivity index (χ2n) is 7.53. The maximum atomic E-state index is 12.6. The van der Waals surface area contributed by atoms with Gasteiger partial charge >= 0.3 is 0 Å². The Bertz CT molecular complexity index is 1080. The average Bonchev–Trinajstić information content (AvgIpc) is 3.38. The molecule has 0 bridgehead atoms. The van der Waals surface area contributed by atoms with Crippen molar-refractivity contribution in [3.8, 4) is 5.75 Å². The third-order valence-corrected chi connectivity index (χ3v) is 4.82. The van der Waals surface area contributed by atoms with Gasteiger partial charge < -0.3 is 19.8 Å². The molecule has 1 aromatic carbocycles. The van der Waals surface area contributed by atoms with Gasteiger partial charge in [0.25, 0.3) is 11.8 Å². The minimum atomic E-state index is -0.467. The number of aromatic nitrogens is 2. The van der Waals surface area contributed by atoms with E-state index in [2.05, 4.69) is 41.7 Å². The molecular weight excluding hydrogens is 396 g/mol. The van der Waals surface area contributed by atoms with Gasteiger partial charge in [0.1, 0.15) is 18.1 Å². The molecule has 0 saturated heterocycles. The third-order valence-electron chi connectivity index (χ3n) is 4.82. The molecule has 0 aliphatic rings. The van der Waals surface area contributed by atoms with E-state index < -0.39 is 5.91 Å². The molecule has 8 nitrogen and oxygen atoms in total. The Balaban J connectivity index is 1.70. The molecular formula is C23H28N4O4. The SMILES string of the molecule is CCn1cc(NC(=O)c2ccc(COc3cc(C)ccc3C(C)C)o2)c(C(=O)NC)n1. The molecule has 2 N–H and O–H groups in total. The first-order valence-electron chi connectivity index (χ1n) is 10.2. The Morgan fingerprint density at radius 1 is 1.19 bits per heavy atom. The highest BCUT2D eigenvalue weighted by Gasteiger charge is 2.20. The van der Waals surface area contributed by atoms with Crippen LogP contribution in [0.15, 0.2) is 40.9 Å². The zero-order valence-corrected chi connectivity index (χ0v) is 18.5. The lowest BCUT2D eigenvalue weighted by atomic mass is 10.0. The molecule has 2 heterocycles. The zero-order chi connectivity index (χ0) is 22.5. The van der Waals surface area contributed by atoms with Crippen molar-refractivity contribution in [3.05, 3.63) is 64.9 Å². The highest BCUT2D eigenvalue weighted by Crippen LogP contribution is 2.28. The molecule has 0 radical (unpaired) electrons. The van der Waals surface area contributed by atoms with E-state index in [9.17, 15) is 9.59 Å². The summed E-state index contributed by atoms with van der Waals surface area (Å²) in [6, 6.07) is 9.41. The number of carbonyl (C=O) groups is 2. The number of benzene rings is 1. The number of hydrogen-bond acceptors (Lipinski definition) is 5. The molecule has 31 heavy (non-hydrogen) atoms. The first-order chi connectivity index (χ1) is 14.8. The minimum Gasteiger partial charge on any atom is -0.485 e. The Morgan fingerprint density at radius 2 is 1.97 bits per heavy atom. The number of furan rings is 1. The largest absolute Gasteiger partial charge is 0.485 e. The van der Waals surface area contributed by atoms with Gasteiger partial charge in [0, 0.05) is 19.8 Å². The van der Waals surface area contributed by atoms with E-state index in [1.165, 1.54) is 7.05 Å². The number of rotatable bonds is 8. The van der Waals surface area contributed by atoms with Crippen LogP contribution in [-0.2, 0) is 13.2 Å². The third kappa shape index (κ3) is 5.14. The Labute approximate surface area is 181 Å². The smallest absolute Gasteiger partial charge is 0.291 e. The molecule has 3 rings (SSSR count). The molecule has 0 spiro atoms. The van der Waals surface area contributed by atoms with Crippen molar-refractivity contribution in [1.29, 1.82) is 0 Å². The van der Waals surface area contributed by atoms with Crippen molar-refractivity contribution in [2.24, 2.45) is 0 Å². The van der Waals surface area contributed by atoms with Crippen LogP contribution in [-0.4, -0.2) is 28.6 Å². The molecule has 0 fully saturated rings. The fraction of sp³-hybridized carbons (Fsp3) is 0.348. The van der Waals surface area contributed by atoms with Crippen LogP contribution in [0.4, 0.5) is 5.69 Å². The summed E-state index contributed by atoms with van der Waals surface area (Å²) in [7, 11) is 1.51. The number of carbonyl (C=O) groups excluding carboxylic acids is 2. The predicted molar refractivity (Wildman–Crippen MR) is 118 cm³/mol. The molecule has 3 aromatic rings. The highest BCUT2D eigenvalue weighted by molar-refractivity contribution is 6.06. The van der Waals surface area contributed by atoms with Crippen molar-refractivity contribution < 1.29 is 18.7 Å². The normalized spacial score (nSPS) is 10.9. The number of ether oxygens (including phenoxy) is 1. The summed E-state index contributed by atoms with van der Waals surface area (Å²) in [6.07, 6.45) is 1.61. The molecule has 0 aliphatic carbocycles. The Morgan fingerprint density at radius 3 is 2.65 bits per heavy atom.